The second kappa shape index (κ2) is 6.83. The Balaban J connectivity index is 1.94. The van der Waals surface area contributed by atoms with Gasteiger partial charge >= 0.3 is 0 Å². The number of amides is 1. The Morgan fingerprint density at radius 2 is 2.18 bits per heavy atom. The normalized spacial score (nSPS) is 11.3. The minimum absolute atomic E-state index is 0.0554. The molecule has 0 saturated heterocycles. The van der Waals surface area contributed by atoms with Crippen LogP contribution in [-0.4, -0.2) is 28.0 Å². The number of thiophene rings is 1. The molecule has 2 aromatic rings. The van der Waals surface area contributed by atoms with Gasteiger partial charge in [-0.2, -0.15) is 11.3 Å². The van der Waals surface area contributed by atoms with E-state index in [0.29, 0.717) is 18.9 Å². The molecule has 0 unspecified atom stereocenters. The Morgan fingerprint density at radius 1 is 1.41 bits per heavy atom. The van der Waals surface area contributed by atoms with Crippen LogP contribution in [0.25, 0.3) is 11.3 Å². The van der Waals surface area contributed by atoms with E-state index >= 15 is 0 Å². The minimum atomic E-state index is -0.463. The summed E-state index contributed by atoms with van der Waals surface area (Å²) < 4.78 is 13.8. The van der Waals surface area contributed by atoms with Crippen molar-refractivity contribution in [2.24, 2.45) is 0 Å². The molecule has 22 heavy (non-hydrogen) atoms. The van der Waals surface area contributed by atoms with E-state index in [9.17, 15) is 9.18 Å². The number of halogens is 1. The van der Waals surface area contributed by atoms with Crippen LogP contribution in [0.3, 0.4) is 0 Å². The van der Waals surface area contributed by atoms with Crippen molar-refractivity contribution in [2.45, 2.75) is 32.7 Å². The molecule has 0 aliphatic heterocycles. The molecule has 0 spiro atoms. The van der Waals surface area contributed by atoms with Gasteiger partial charge in [0.2, 0.25) is 11.9 Å². The summed E-state index contributed by atoms with van der Waals surface area (Å²) in [5.41, 5.74) is 0.728. The highest BCUT2D eigenvalue weighted by molar-refractivity contribution is 7.08. The van der Waals surface area contributed by atoms with E-state index in [1.807, 2.05) is 31.5 Å². The van der Waals surface area contributed by atoms with Crippen molar-refractivity contribution in [1.29, 1.82) is 0 Å². The maximum absolute atomic E-state index is 13.8. The molecular formula is C15H19FN4OS. The van der Waals surface area contributed by atoms with Crippen LogP contribution in [0.15, 0.2) is 23.0 Å². The Kier molecular flexibility index (Phi) is 5.07. The molecule has 118 valence electrons. The molecule has 2 N–H and O–H groups in total. The Morgan fingerprint density at radius 3 is 2.82 bits per heavy atom. The van der Waals surface area contributed by atoms with E-state index in [1.165, 1.54) is 11.3 Å². The zero-order valence-corrected chi connectivity index (χ0v) is 13.6. The number of rotatable bonds is 5. The number of aromatic nitrogens is 2. The van der Waals surface area contributed by atoms with Crippen molar-refractivity contribution < 1.29 is 9.18 Å². The molecule has 5 nitrogen and oxygen atoms in total. The van der Waals surface area contributed by atoms with Gasteiger partial charge in [-0.25, -0.2) is 14.4 Å². The molecule has 2 heterocycles. The fourth-order valence-electron chi connectivity index (χ4n) is 1.82. The molecule has 0 aliphatic rings. The molecule has 0 fully saturated rings. The van der Waals surface area contributed by atoms with Crippen LogP contribution in [-0.2, 0) is 4.79 Å². The van der Waals surface area contributed by atoms with Crippen LogP contribution in [0.2, 0.25) is 0 Å². The van der Waals surface area contributed by atoms with E-state index in [2.05, 4.69) is 20.6 Å². The van der Waals surface area contributed by atoms with Gasteiger partial charge in [0.25, 0.3) is 0 Å². The number of anilines is 1. The first-order valence-electron chi connectivity index (χ1n) is 6.95. The van der Waals surface area contributed by atoms with Crippen LogP contribution in [0, 0.1) is 5.82 Å². The van der Waals surface area contributed by atoms with Crippen LogP contribution in [0.1, 0.15) is 27.2 Å². The van der Waals surface area contributed by atoms with Crippen LogP contribution < -0.4 is 10.6 Å². The topological polar surface area (TPSA) is 66.9 Å². The quantitative estimate of drug-likeness (QED) is 0.888. The van der Waals surface area contributed by atoms with Crippen LogP contribution >= 0.6 is 11.3 Å². The Bertz CT molecular complexity index is 637. The molecule has 0 aromatic carbocycles. The van der Waals surface area contributed by atoms with E-state index < -0.39 is 5.82 Å². The zero-order valence-electron chi connectivity index (χ0n) is 12.8. The lowest BCUT2D eigenvalue weighted by Gasteiger charge is -2.20. The van der Waals surface area contributed by atoms with Gasteiger partial charge in [0, 0.05) is 29.4 Å². The molecule has 0 bridgehead atoms. The van der Waals surface area contributed by atoms with Crippen molar-refractivity contribution in [3.05, 3.63) is 28.8 Å². The SMILES string of the molecule is CC(C)(C)NC(=O)CCNc1ncc(F)c(-c2ccsc2)n1. The second-order valence-corrected chi connectivity index (χ2v) is 6.66. The summed E-state index contributed by atoms with van der Waals surface area (Å²) in [5, 5.41) is 9.50. The summed E-state index contributed by atoms with van der Waals surface area (Å²) in [5.74, 6) is -0.208. The molecule has 2 aromatic heterocycles. The van der Waals surface area contributed by atoms with Gasteiger partial charge < -0.3 is 10.6 Å². The van der Waals surface area contributed by atoms with Gasteiger partial charge in [-0.1, -0.05) is 0 Å². The maximum Gasteiger partial charge on any atom is 0.223 e. The summed E-state index contributed by atoms with van der Waals surface area (Å²) >= 11 is 1.48. The number of hydrogen-bond donors (Lipinski definition) is 2. The monoisotopic (exact) mass is 322 g/mol. The summed E-state index contributed by atoms with van der Waals surface area (Å²) in [6.07, 6.45) is 1.43. The van der Waals surface area contributed by atoms with Gasteiger partial charge in [-0.3, -0.25) is 4.79 Å². The van der Waals surface area contributed by atoms with E-state index in [0.717, 1.165) is 11.8 Å². The van der Waals surface area contributed by atoms with Crippen molar-refractivity contribution in [3.8, 4) is 11.3 Å². The molecule has 1 amide bonds. The number of hydrogen-bond acceptors (Lipinski definition) is 5. The lowest BCUT2D eigenvalue weighted by atomic mass is 10.1. The van der Waals surface area contributed by atoms with Gasteiger partial charge in [0.15, 0.2) is 5.82 Å². The molecular weight excluding hydrogens is 303 g/mol. The first kappa shape index (κ1) is 16.4. The lowest BCUT2D eigenvalue weighted by Crippen LogP contribution is -2.41. The van der Waals surface area contributed by atoms with Crippen molar-refractivity contribution in [1.82, 2.24) is 15.3 Å². The smallest absolute Gasteiger partial charge is 0.223 e. The highest BCUT2D eigenvalue weighted by Crippen LogP contribution is 2.23. The van der Waals surface area contributed by atoms with Gasteiger partial charge in [-0.05, 0) is 32.2 Å². The molecule has 7 heteroatoms. The Labute approximate surface area is 133 Å². The predicted octanol–water partition coefficient (Wildman–Crippen LogP) is 3.06. The molecule has 0 atom stereocenters. The average Bonchev–Trinajstić information content (AvgIpc) is 2.92. The lowest BCUT2D eigenvalue weighted by molar-refractivity contribution is -0.122. The molecule has 0 saturated carbocycles. The number of carbonyl (C=O) groups is 1. The number of nitrogens with one attached hydrogen (secondary N) is 2. The standard InChI is InChI=1S/C15H19FN4OS/c1-15(2,3)20-12(21)4-6-17-14-18-8-11(16)13(19-14)10-5-7-22-9-10/h5,7-9H,4,6H2,1-3H3,(H,20,21)(H,17,18,19). The van der Waals surface area contributed by atoms with Gasteiger partial charge in [-0.15, -0.1) is 0 Å². The maximum atomic E-state index is 13.8. The summed E-state index contributed by atoms with van der Waals surface area (Å²) in [4.78, 5) is 19.8. The highest BCUT2D eigenvalue weighted by Gasteiger charge is 2.14. The van der Waals surface area contributed by atoms with E-state index in [1.54, 1.807) is 6.07 Å². The Hall–Kier alpha value is -2.02. The van der Waals surface area contributed by atoms with E-state index in [-0.39, 0.29) is 17.1 Å². The summed E-state index contributed by atoms with van der Waals surface area (Å²) in [6.45, 7) is 6.16. The third kappa shape index (κ3) is 4.77. The van der Waals surface area contributed by atoms with Crippen molar-refractivity contribution in [2.75, 3.05) is 11.9 Å². The van der Waals surface area contributed by atoms with Crippen molar-refractivity contribution >= 4 is 23.2 Å². The van der Waals surface area contributed by atoms with Crippen molar-refractivity contribution in [3.63, 3.8) is 0 Å². The third-order valence-corrected chi connectivity index (χ3v) is 3.37. The highest BCUT2D eigenvalue weighted by atomic mass is 32.1. The average molecular weight is 322 g/mol. The first-order valence-corrected chi connectivity index (χ1v) is 7.89. The predicted molar refractivity (Wildman–Crippen MR) is 86.3 cm³/mol. The molecule has 0 radical (unpaired) electrons. The number of nitrogens with zero attached hydrogens (tertiary/aromatic N) is 2. The summed E-state index contributed by atoms with van der Waals surface area (Å²) in [7, 11) is 0. The summed E-state index contributed by atoms with van der Waals surface area (Å²) in [6, 6.07) is 1.80. The minimum Gasteiger partial charge on any atom is -0.354 e. The number of carbonyl (C=O) groups excluding carboxylic acids is 1. The third-order valence-electron chi connectivity index (χ3n) is 2.69. The zero-order chi connectivity index (χ0) is 16.2. The fraction of sp³-hybridized carbons (Fsp3) is 0.400. The molecule has 0 aliphatic carbocycles. The largest absolute Gasteiger partial charge is 0.354 e. The van der Waals surface area contributed by atoms with E-state index in [4.69, 9.17) is 0 Å². The first-order chi connectivity index (χ1) is 10.3. The second-order valence-electron chi connectivity index (χ2n) is 5.88. The van der Waals surface area contributed by atoms with Gasteiger partial charge in [0.1, 0.15) is 5.69 Å². The van der Waals surface area contributed by atoms with Gasteiger partial charge in [0.05, 0.1) is 6.20 Å². The van der Waals surface area contributed by atoms with Crippen LogP contribution in [0.5, 0.6) is 0 Å². The molecule has 2 rings (SSSR count). The van der Waals surface area contributed by atoms with Crippen LogP contribution in [0.4, 0.5) is 10.3 Å². The fourth-order valence-corrected chi connectivity index (χ4v) is 2.46.